The van der Waals surface area contributed by atoms with Gasteiger partial charge >= 0.3 is 5.97 Å². The van der Waals surface area contributed by atoms with Crippen molar-refractivity contribution in [2.24, 2.45) is 0 Å². The van der Waals surface area contributed by atoms with Gasteiger partial charge in [0, 0.05) is 30.8 Å². The maximum atomic E-state index is 13.3. The van der Waals surface area contributed by atoms with Crippen LogP contribution in [0.3, 0.4) is 0 Å². The number of aliphatic carboxylic acids is 1. The molecule has 1 aromatic carbocycles. The van der Waals surface area contributed by atoms with E-state index in [1.807, 2.05) is 0 Å². The Kier molecular flexibility index (Phi) is 7.59. The van der Waals surface area contributed by atoms with Crippen LogP contribution in [0.5, 0.6) is 0 Å². The summed E-state index contributed by atoms with van der Waals surface area (Å²) in [6, 6.07) is 5.38. The van der Waals surface area contributed by atoms with Crippen molar-refractivity contribution in [2.75, 3.05) is 17.6 Å². The van der Waals surface area contributed by atoms with Gasteiger partial charge in [0.15, 0.2) is 0 Å². The standard InChI is InChI=1S/C19H22FN3O6S/c1-23(30(2,28)29)19-21-11-13(5-8-15(24)9-16(25)10-17(26)27)18(22-19)12-3-6-14(20)7-4-12/h3-8,11,15-16,24-25H,9-10H2,1-2H3,(H,26,27)/b8-5-/t15-,16-/m1/s1. The van der Waals surface area contributed by atoms with Crippen molar-refractivity contribution in [1.82, 2.24) is 9.97 Å². The van der Waals surface area contributed by atoms with Crippen molar-refractivity contribution in [2.45, 2.75) is 25.0 Å². The van der Waals surface area contributed by atoms with Crippen molar-refractivity contribution in [3.63, 3.8) is 0 Å². The molecule has 0 saturated carbocycles. The molecule has 11 heteroatoms. The number of hydrogen-bond acceptors (Lipinski definition) is 7. The minimum absolute atomic E-state index is 0.0913. The van der Waals surface area contributed by atoms with Crippen molar-refractivity contribution < 1.29 is 32.9 Å². The number of hydrogen-bond donors (Lipinski definition) is 3. The van der Waals surface area contributed by atoms with E-state index in [9.17, 15) is 27.8 Å². The molecular weight excluding hydrogens is 417 g/mol. The molecule has 0 bridgehead atoms. The molecular formula is C19H22FN3O6S. The fourth-order valence-corrected chi connectivity index (χ4v) is 2.88. The van der Waals surface area contributed by atoms with E-state index in [-0.39, 0.29) is 12.4 Å². The zero-order chi connectivity index (χ0) is 22.5. The Balaban J connectivity index is 2.38. The van der Waals surface area contributed by atoms with Gasteiger partial charge in [0.25, 0.3) is 0 Å². The first kappa shape index (κ1) is 23.4. The third-order valence-corrected chi connectivity index (χ3v) is 5.28. The highest BCUT2D eigenvalue weighted by molar-refractivity contribution is 7.92. The monoisotopic (exact) mass is 439 g/mol. The molecule has 1 aromatic heterocycles. The Bertz CT molecular complexity index is 1030. The lowest BCUT2D eigenvalue weighted by atomic mass is 10.0. The lowest BCUT2D eigenvalue weighted by Gasteiger charge is -2.16. The molecule has 2 rings (SSSR count). The molecule has 0 aliphatic rings. The lowest BCUT2D eigenvalue weighted by Crippen LogP contribution is -2.27. The molecule has 0 unspecified atom stereocenters. The van der Waals surface area contributed by atoms with Gasteiger partial charge in [-0.25, -0.2) is 27.1 Å². The summed E-state index contributed by atoms with van der Waals surface area (Å²) < 4.78 is 37.8. The van der Waals surface area contributed by atoms with E-state index >= 15 is 0 Å². The Hall–Kier alpha value is -2.89. The molecule has 0 spiro atoms. The first-order valence-corrected chi connectivity index (χ1v) is 10.6. The van der Waals surface area contributed by atoms with Gasteiger partial charge in [-0.2, -0.15) is 0 Å². The van der Waals surface area contributed by atoms with Gasteiger partial charge in [-0.3, -0.25) is 4.79 Å². The first-order valence-electron chi connectivity index (χ1n) is 8.80. The summed E-state index contributed by atoms with van der Waals surface area (Å²) in [6.45, 7) is 0. The third-order valence-electron chi connectivity index (χ3n) is 4.12. The van der Waals surface area contributed by atoms with Crippen molar-refractivity contribution in [3.05, 3.63) is 47.9 Å². The summed E-state index contributed by atoms with van der Waals surface area (Å²) in [5.74, 6) is -1.73. The maximum Gasteiger partial charge on any atom is 0.305 e. The number of aliphatic hydroxyl groups excluding tert-OH is 2. The Morgan fingerprint density at radius 3 is 2.47 bits per heavy atom. The Morgan fingerprint density at radius 2 is 1.90 bits per heavy atom. The van der Waals surface area contributed by atoms with Crippen LogP contribution in [0.4, 0.5) is 10.3 Å². The van der Waals surface area contributed by atoms with Crippen LogP contribution in [0.2, 0.25) is 0 Å². The van der Waals surface area contributed by atoms with Crippen LogP contribution in [-0.2, 0) is 14.8 Å². The Morgan fingerprint density at radius 1 is 1.27 bits per heavy atom. The molecule has 9 nitrogen and oxygen atoms in total. The number of aromatic nitrogens is 2. The van der Waals surface area contributed by atoms with Crippen LogP contribution in [-0.4, -0.2) is 65.2 Å². The fourth-order valence-electron chi connectivity index (χ4n) is 2.50. The topological polar surface area (TPSA) is 141 Å². The lowest BCUT2D eigenvalue weighted by molar-refractivity contribution is -0.139. The van der Waals surface area contributed by atoms with E-state index in [1.54, 1.807) is 0 Å². The average Bonchev–Trinajstić information content (AvgIpc) is 2.65. The maximum absolute atomic E-state index is 13.3. The quantitative estimate of drug-likeness (QED) is 0.531. The van der Waals surface area contributed by atoms with Gasteiger partial charge in [-0.05, 0) is 24.3 Å². The van der Waals surface area contributed by atoms with E-state index in [1.165, 1.54) is 49.7 Å². The number of rotatable bonds is 9. The van der Waals surface area contributed by atoms with Crippen molar-refractivity contribution in [1.29, 1.82) is 0 Å². The third kappa shape index (κ3) is 6.58. The van der Waals surface area contributed by atoms with E-state index in [0.717, 1.165) is 10.6 Å². The van der Waals surface area contributed by atoms with Gasteiger partial charge < -0.3 is 15.3 Å². The molecule has 2 aromatic rings. The molecule has 0 radical (unpaired) electrons. The number of sulfonamides is 1. The number of carboxylic acids is 1. The second-order valence-electron chi connectivity index (χ2n) is 6.63. The minimum atomic E-state index is -3.61. The zero-order valence-corrected chi connectivity index (χ0v) is 17.1. The van der Waals surface area contributed by atoms with Gasteiger partial charge in [0.1, 0.15) is 5.82 Å². The predicted molar refractivity (Wildman–Crippen MR) is 109 cm³/mol. The molecule has 0 amide bonds. The number of halogens is 1. The van der Waals surface area contributed by atoms with Crippen LogP contribution in [0.1, 0.15) is 18.4 Å². The van der Waals surface area contributed by atoms with E-state index in [4.69, 9.17) is 5.11 Å². The second-order valence-corrected chi connectivity index (χ2v) is 8.64. The summed E-state index contributed by atoms with van der Waals surface area (Å²) in [7, 11) is -2.32. The van der Waals surface area contributed by atoms with Crippen LogP contribution < -0.4 is 4.31 Å². The summed E-state index contributed by atoms with van der Waals surface area (Å²) in [6.07, 6.45) is 2.09. The van der Waals surface area contributed by atoms with Gasteiger partial charge in [-0.15, -0.1) is 0 Å². The number of aliphatic hydroxyl groups is 2. The number of carbonyl (C=O) groups is 1. The normalized spacial score (nSPS) is 13.9. The summed E-state index contributed by atoms with van der Waals surface area (Å²) in [5, 5.41) is 28.3. The summed E-state index contributed by atoms with van der Waals surface area (Å²) in [5.41, 5.74) is 1.19. The average molecular weight is 439 g/mol. The van der Waals surface area contributed by atoms with Crippen LogP contribution in [0, 0.1) is 5.82 Å². The molecule has 0 aliphatic carbocycles. The van der Waals surface area contributed by atoms with Crippen molar-refractivity contribution in [3.8, 4) is 11.3 Å². The molecule has 3 N–H and O–H groups in total. The van der Waals surface area contributed by atoms with Gasteiger partial charge in [0.05, 0.1) is 30.6 Å². The number of nitrogens with zero attached hydrogens (tertiary/aromatic N) is 3. The molecule has 1 heterocycles. The number of anilines is 1. The summed E-state index contributed by atoms with van der Waals surface area (Å²) in [4.78, 5) is 18.9. The van der Waals surface area contributed by atoms with E-state index in [2.05, 4.69) is 9.97 Å². The predicted octanol–water partition coefficient (Wildman–Crippen LogP) is 1.28. The first-order chi connectivity index (χ1) is 14.0. The van der Waals surface area contributed by atoms with Crippen LogP contribution in [0.25, 0.3) is 17.3 Å². The second kappa shape index (κ2) is 9.74. The fraction of sp³-hybridized carbons (Fsp3) is 0.316. The number of carboxylic acid groups (broad SMARTS) is 1. The SMILES string of the molecule is CN(c1ncc(/C=C\[C@@H](O)C[C@@H](O)CC(=O)O)c(-c2ccc(F)cc2)n1)S(C)(=O)=O. The van der Waals surface area contributed by atoms with Crippen LogP contribution >= 0.6 is 0 Å². The largest absolute Gasteiger partial charge is 0.481 e. The smallest absolute Gasteiger partial charge is 0.305 e. The van der Waals surface area contributed by atoms with Crippen molar-refractivity contribution >= 4 is 28.0 Å². The van der Waals surface area contributed by atoms with E-state index < -0.39 is 40.4 Å². The molecule has 30 heavy (non-hydrogen) atoms. The molecule has 0 fully saturated rings. The van der Waals surface area contributed by atoms with Gasteiger partial charge in [-0.1, -0.05) is 12.2 Å². The highest BCUT2D eigenvalue weighted by Gasteiger charge is 2.18. The number of benzene rings is 1. The highest BCUT2D eigenvalue weighted by Crippen LogP contribution is 2.25. The molecule has 162 valence electrons. The molecule has 2 atom stereocenters. The molecule has 0 aliphatic heterocycles. The molecule has 0 saturated heterocycles. The van der Waals surface area contributed by atoms with E-state index in [0.29, 0.717) is 16.8 Å². The highest BCUT2D eigenvalue weighted by atomic mass is 32.2. The summed E-state index contributed by atoms with van der Waals surface area (Å²) >= 11 is 0. The van der Waals surface area contributed by atoms with Gasteiger partial charge in [0.2, 0.25) is 16.0 Å². The van der Waals surface area contributed by atoms with Crippen LogP contribution in [0.15, 0.2) is 36.5 Å². The minimum Gasteiger partial charge on any atom is -0.481 e. The Labute approximate surface area is 173 Å². The zero-order valence-electron chi connectivity index (χ0n) is 16.3.